The van der Waals surface area contributed by atoms with E-state index in [-0.39, 0.29) is 5.97 Å². The molecule has 0 aliphatic carbocycles. The highest BCUT2D eigenvalue weighted by atomic mass is 32.1. The summed E-state index contributed by atoms with van der Waals surface area (Å²) in [7, 11) is 1.44. The summed E-state index contributed by atoms with van der Waals surface area (Å²) in [5.41, 5.74) is -0.600. The van der Waals surface area contributed by atoms with Crippen molar-refractivity contribution < 1.29 is 9.53 Å². The Hall–Kier alpha value is -0.880. The van der Waals surface area contributed by atoms with Crippen molar-refractivity contribution in [3.63, 3.8) is 0 Å². The molecule has 2 saturated heterocycles. The summed E-state index contributed by atoms with van der Waals surface area (Å²) >= 11 is 5.39. The fourth-order valence-corrected chi connectivity index (χ4v) is 3.34. The molecule has 6 heteroatoms. The average molecular weight is 257 g/mol. The zero-order valence-electron chi connectivity index (χ0n) is 10.3. The summed E-state index contributed by atoms with van der Waals surface area (Å²) in [6, 6.07) is 0.300. The van der Waals surface area contributed by atoms with Gasteiger partial charge in [0, 0.05) is 25.7 Å². The minimum atomic E-state index is -0.600. The van der Waals surface area contributed by atoms with Crippen LogP contribution in [0.15, 0.2) is 0 Å². The van der Waals surface area contributed by atoms with E-state index in [1.165, 1.54) is 7.11 Å². The van der Waals surface area contributed by atoms with Gasteiger partial charge in [-0.15, -0.1) is 0 Å². The average Bonchev–Trinajstić information content (AvgIpc) is 2.56. The van der Waals surface area contributed by atoms with E-state index in [1.54, 1.807) is 0 Å². The molecule has 0 radical (unpaired) electrons. The Kier molecular flexibility index (Phi) is 3.53. The van der Waals surface area contributed by atoms with E-state index in [4.69, 9.17) is 17.0 Å². The van der Waals surface area contributed by atoms with Crippen LogP contribution in [0.5, 0.6) is 0 Å². The summed E-state index contributed by atoms with van der Waals surface area (Å²) in [5, 5.41) is 7.11. The maximum Gasteiger partial charge on any atom is 0.333 e. The number of hydrogen-bond acceptors (Lipinski definition) is 4. The molecule has 96 valence electrons. The molecule has 2 atom stereocenters. The van der Waals surface area contributed by atoms with Crippen LogP contribution < -0.4 is 10.6 Å². The summed E-state index contributed by atoms with van der Waals surface area (Å²) < 4.78 is 4.96. The Labute approximate surface area is 107 Å². The van der Waals surface area contributed by atoms with Crippen LogP contribution in [0.1, 0.15) is 19.8 Å². The molecule has 0 aromatic heterocycles. The van der Waals surface area contributed by atoms with Gasteiger partial charge in [0.05, 0.1) is 7.11 Å². The molecule has 17 heavy (non-hydrogen) atoms. The predicted molar refractivity (Wildman–Crippen MR) is 68.8 cm³/mol. The number of thiocarbonyl (C=S) groups is 1. The van der Waals surface area contributed by atoms with Crippen LogP contribution in [0.25, 0.3) is 0 Å². The van der Waals surface area contributed by atoms with Crippen molar-refractivity contribution in [3.8, 4) is 0 Å². The minimum absolute atomic E-state index is 0.188. The highest BCUT2D eigenvalue weighted by Gasteiger charge is 2.55. The first-order valence-corrected chi connectivity index (χ1v) is 6.43. The second-order valence-corrected chi connectivity index (χ2v) is 4.94. The lowest BCUT2D eigenvalue weighted by atomic mass is 9.96. The summed E-state index contributed by atoms with van der Waals surface area (Å²) in [6.07, 6.45) is 1.79. The lowest BCUT2D eigenvalue weighted by Gasteiger charge is -2.44. The Morgan fingerprint density at radius 2 is 2.47 bits per heavy atom. The summed E-state index contributed by atoms with van der Waals surface area (Å²) in [5.74, 6) is -0.188. The lowest BCUT2D eigenvalue weighted by molar-refractivity contribution is -0.152. The maximum absolute atomic E-state index is 12.1. The third kappa shape index (κ3) is 1.89. The van der Waals surface area contributed by atoms with Crippen molar-refractivity contribution in [2.75, 3.05) is 26.7 Å². The molecule has 2 aliphatic heterocycles. The molecule has 2 rings (SSSR count). The lowest BCUT2D eigenvalue weighted by Crippen LogP contribution is -2.67. The van der Waals surface area contributed by atoms with Gasteiger partial charge >= 0.3 is 5.97 Å². The fourth-order valence-electron chi connectivity index (χ4n) is 2.88. The third-order valence-electron chi connectivity index (χ3n) is 3.63. The summed E-state index contributed by atoms with van der Waals surface area (Å²) in [6.45, 7) is 4.26. The van der Waals surface area contributed by atoms with E-state index in [0.717, 1.165) is 25.9 Å². The van der Waals surface area contributed by atoms with Crippen LogP contribution in [0.2, 0.25) is 0 Å². The van der Waals surface area contributed by atoms with Crippen molar-refractivity contribution in [1.82, 2.24) is 15.5 Å². The van der Waals surface area contributed by atoms with E-state index in [0.29, 0.717) is 17.7 Å². The first kappa shape index (κ1) is 12.6. The minimum Gasteiger partial charge on any atom is -0.467 e. The second-order valence-electron chi connectivity index (χ2n) is 4.55. The number of piperazine rings is 1. The van der Waals surface area contributed by atoms with Crippen LogP contribution >= 0.6 is 12.2 Å². The molecule has 2 N–H and O–H groups in total. The molecule has 5 nitrogen and oxygen atoms in total. The van der Waals surface area contributed by atoms with Crippen LogP contribution in [-0.4, -0.2) is 54.3 Å². The number of methoxy groups -OCH3 is 1. The van der Waals surface area contributed by atoms with E-state index in [1.807, 2.05) is 11.8 Å². The number of carbonyl (C=O) groups excluding carboxylic acids is 1. The molecule has 2 aliphatic rings. The maximum atomic E-state index is 12.1. The number of hydrogen-bond donors (Lipinski definition) is 2. The number of esters is 1. The Bertz CT molecular complexity index is 333. The number of ether oxygens (including phenoxy) is 1. The van der Waals surface area contributed by atoms with Gasteiger partial charge in [-0.2, -0.15) is 0 Å². The quantitative estimate of drug-likeness (QED) is 0.530. The van der Waals surface area contributed by atoms with Gasteiger partial charge < -0.3 is 20.3 Å². The van der Waals surface area contributed by atoms with E-state index in [2.05, 4.69) is 10.6 Å². The molecule has 2 heterocycles. The fraction of sp³-hybridized carbons (Fsp3) is 0.818. The predicted octanol–water partition coefficient (Wildman–Crippen LogP) is -0.140. The van der Waals surface area contributed by atoms with Crippen molar-refractivity contribution in [3.05, 3.63) is 0 Å². The molecule has 0 saturated carbocycles. The molecule has 2 bridgehead atoms. The van der Waals surface area contributed by atoms with Gasteiger partial charge in [0.25, 0.3) is 0 Å². The van der Waals surface area contributed by atoms with Crippen LogP contribution in [0.3, 0.4) is 0 Å². The molecule has 2 unspecified atom stereocenters. The molecule has 0 amide bonds. The first-order valence-electron chi connectivity index (χ1n) is 6.02. The largest absolute Gasteiger partial charge is 0.467 e. The van der Waals surface area contributed by atoms with Gasteiger partial charge in [0.15, 0.2) is 10.7 Å². The molecule has 2 fully saturated rings. The number of rotatable bonds is 2. The SMILES string of the molecule is CCNC(=S)N1C2CCC1(C(=O)OC)CNC2. The van der Waals surface area contributed by atoms with Gasteiger partial charge in [0.2, 0.25) is 0 Å². The van der Waals surface area contributed by atoms with Gasteiger partial charge in [-0.05, 0) is 32.0 Å². The van der Waals surface area contributed by atoms with Crippen LogP contribution in [-0.2, 0) is 9.53 Å². The van der Waals surface area contributed by atoms with E-state index >= 15 is 0 Å². The van der Waals surface area contributed by atoms with Gasteiger partial charge in [-0.25, -0.2) is 4.79 Å². The van der Waals surface area contributed by atoms with Crippen molar-refractivity contribution in [1.29, 1.82) is 0 Å². The van der Waals surface area contributed by atoms with Crippen LogP contribution in [0, 0.1) is 0 Å². The van der Waals surface area contributed by atoms with Crippen LogP contribution in [0.4, 0.5) is 0 Å². The first-order chi connectivity index (χ1) is 8.15. The number of carbonyl (C=O) groups is 1. The number of nitrogens with zero attached hydrogens (tertiary/aromatic N) is 1. The zero-order chi connectivity index (χ0) is 12.5. The zero-order valence-corrected chi connectivity index (χ0v) is 11.1. The smallest absolute Gasteiger partial charge is 0.333 e. The van der Waals surface area contributed by atoms with Crippen molar-refractivity contribution >= 4 is 23.3 Å². The van der Waals surface area contributed by atoms with E-state index < -0.39 is 5.54 Å². The Morgan fingerprint density at radius 3 is 3.12 bits per heavy atom. The highest BCUT2D eigenvalue weighted by molar-refractivity contribution is 7.80. The van der Waals surface area contributed by atoms with Gasteiger partial charge in [-0.3, -0.25) is 0 Å². The molecule has 0 aromatic carbocycles. The van der Waals surface area contributed by atoms with Gasteiger partial charge in [-0.1, -0.05) is 0 Å². The normalized spacial score (nSPS) is 31.2. The number of fused-ring (bicyclic) bond motifs is 2. The highest BCUT2D eigenvalue weighted by Crippen LogP contribution is 2.37. The Morgan fingerprint density at radius 1 is 1.71 bits per heavy atom. The third-order valence-corrected chi connectivity index (χ3v) is 3.97. The molecule has 0 spiro atoms. The van der Waals surface area contributed by atoms with Gasteiger partial charge in [0.1, 0.15) is 0 Å². The molecular weight excluding hydrogens is 238 g/mol. The monoisotopic (exact) mass is 257 g/mol. The van der Waals surface area contributed by atoms with Crippen molar-refractivity contribution in [2.45, 2.75) is 31.3 Å². The molecular formula is C11H19N3O2S. The second kappa shape index (κ2) is 4.78. The number of nitrogens with one attached hydrogen (secondary N) is 2. The standard InChI is InChI=1S/C11H19N3O2S/c1-3-13-10(17)14-8-4-5-11(14,7-12-6-8)9(15)16-2/h8,12H,3-7H2,1-2H3,(H,13,17). The molecule has 0 aromatic rings. The van der Waals surface area contributed by atoms with Crippen molar-refractivity contribution in [2.24, 2.45) is 0 Å². The summed E-state index contributed by atoms with van der Waals surface area (Å²) in [4.78, 5) is 14.1. The van der Waals surface area contributed by atoms with E-state index in [9.17, 15) is 4.79 Å². The topological polar surface area (TPSA) is 53.6 Å². The Balaban J connectivity index is 2.27.